The molecule has 3 aliphatic rings. The Morgan fingerprint density at radius 2 is 1.71 bits per heavy atom. The van der Waals surface area contributed by atoms with Gasteiger partial charge in [0.15, 0.2) is 0 Å². The summed E-state index contributed by atoms with van der Waals surface area (Å²) in [5.41, 5.74) is 0. The van der Waals surface area contributed by atoms with Crippen molar-refractivity contribution in [3.05, 3.63) is 12.2 Å². The Balaban J connectivity index is 1.31. The average Bonchev–Trinajstić information content (AvgIpc) is 3.25. The quantitative estimate of drug-likeness (QED) is 0.349. The number of carbonyl (C=O) groups excluding carboxylic acids is 2. The van der Waals surface area contributed by atoms with E-state index in [1.165, 1.54) is 4.90 Å². The molecule has 0 aromatic heterocycles. The molecule has 1 aliphatic heterocycles. The number of likely N-dealkylation sites (tertiary alicyclic amines) is 1. The van der Waals surface area contributed by atoms with Crippen LogP contribution in [-0.2, 0) is 19.1 Å². The van der Waals surface area contributed by atoms with Gasteiger partial charge in [-0.2, -0.15) is 0 Å². The molecule has 0 radical (unpaired) electrons. The fraction of sp³-hybridized carbons (Fsp3) is 0.789. The predicted octanol–water partition coefficient (Wildman–Crippen LogP) is 2.26. The Kier molecular flexibility index (Phi) is 5.72. The summed E-state index contributed by atoms with van der Waals surface area (Å²) in [5, 5.41) is 0. The predicted molar refractivity (Wildman–Crippen MR) is 90.1 cm³/mol. The van der Waals surface area contributed by atoms with E-state index in [-0.39, 0.29) is 23.7 Å². The largest absolute Gasteiger partial charge is 0.379 e. The molecule has 5 atom stereocenters. The van der Waals surface area contributed by atoms with Gasteiger partial charge in [-0.1, -0.05) is 32.4 Å². The summed E-state index contributed by atoms with van der Waals surface area (Å²) in [5.74, 6) is 1.09. The zero-order valence-corrected chi connectivity index (χ0v) is 14.8. The molecule has 2 aliphatic carbocycles. The van der Waals surface area contributed by atoms with E-state index in [4.69, 9.17) is 9.47 Å². The Morgan fingerprint density at radius 1 is 1.08 bits per heavy atom. The number of amides is 2. The molecule has 5 nitrogen and oxygen atoms in total. The lowest BCUT2D eigenvalue weighted by molar-refractivity contribution is -0.140. The third-order valence-electron chi connectivity index (χ3n) is 5.70. The Bertz CT molecular complexity index is 474. The highest BCUT2D eigenvalue weighted by Gasteiger charge is 2.58. The van der Waals surface area contributed by atoms with Crippen LogP contribution in [0, 0.1) is 29.6 Å². The van der Waals surface area contributed by atoms with Crippen molar-refractivity contribution in [1.82, 2.24) is 4.90 Å². The highest BCUT2D eigenvalue weighted by atomic mass is 16.5. The van der Waals surface area contributed by atoms with Gasteiger partial charge in [-0.25, -0.2) is 0 Å². The van der Waals surface area contributed by atoms with Gasteiger partial charge in [0.25, 0.3) is 0 Å². The minimum Gasteiger partial charge on any atom is -0.379 e. The SMILES string of the molecule is CC[C@@H](C)COCCOCCCN1C(=O)[C@@H]2[C@@H](C1=O)[C@H]1C=C[C@H]2C1. The van der Waals surface area contributed by atoms with Crippen LogP contribution < -0.4 is 0 Å². The van der Waals surface area contributed by atoms with E-state index in [2.05, 4.69) is 26.0 Å². The number of nitrogens with zero attached hydrogens (tertiary/aromatic N) is 1. The number of ether oxygens (including phenoxy) is 2. The lowest BCUT2D eigenvalue weighted by Crippen LogP contribution is -2.34. The van der Waals surface area contributed by atoms with E-state index in [0.29, 0.717) is 50.5 Å². The lowest BCUT2D eigenvalue weighted by atomic mass is 9.85. The van der Waals surface area contributed by atoms with Crippen LogP contribution in [0.25, 0.3) is 0 Å². The first-order valence-corrected chi connectivity index (χ1v) is 9.32. The van der Waals surface area contributed by atoms with Crippen molar-refractivity contribution in [1.29, 1.82) is 0 Å². The van der Waals surface area contributed by atoms with Crippen LogP contribution in [0.4, 0.5) is 0 Å². The topological polar surface area (TPSA) is 55.8 Å². The normalized spacial score (nSPS) is 32.0. The summed E-state index contributed by atoms with van der Waals surface area (Å²) in [7, 11) is 0. The van der Waals surface area contributed by atoms with Crippen LogP contribution in [0.15, 0.2) is 12.2 Å². The molecule has 0 N–H and O–H groups in total. The van der Waals surface area contributed by atoms with E-state index >= 15 is 0 Å². The molecule has 1 heterocycles. The minimum atomic E-state index is -0.0811. The molecule has 5 heteroatoms. The number of imide groups is 1. The summed E-state index contributed by atoms with van der Waals surface area (Å²) in [6.45, 7) is 7.31. The van der Waals surface area contributed by atoms with Crippen molar-refractivity contribution >= 4 is 11.8 Å². The van der Waals surface area contributed by atoms with Crippen LogP contribution in [0.2, 0.25) is 0 Å². The van der Waals surface area contributed by atoms with Gasteiger partial charge < -0.3 is 9.47 Å². The number of rotatable bonds is 10. The third-order valence-corrected chi connectivity index (χ3v) is 5.70. The molecule has 3 rings (SSSR count). The Hall–Kier alpha value is -1.20. The first-order valence-electron chi connectivity index (χ1n) is 9.32. The zero-order valence-electron chi connectivity index (χ0n) is 14.8. The molecule has 1 saturated carbocycles. The van der Waals surface area contributed by atoms with Crippen LogP contribution in [0.3, 0.4) is 0 Å². The molecule has 0 spiro atoms. The van der Waals surface area contributed by atoms with Gasteiger partial charge in [-0.05, 0) is 30.6 Å². The molecule has 0 aromatic rings. The number of allylic oxidation sites excluding steroid dienone is 2. The summed E-state index contributed by atoms with van der Waals surface area (Å²) >= 11 is 0. The van der Waals surface area contributed by atoms with E-state index in [0.717, 1.165) is 19.4 Å². The van der Waals surface area contributed by atoms with E-state index in [9.17, 15) is 9.59 Å². The van der Waals surface area contributed by atoms with E-state index < -0.39 is 0 Å². The van der Waals surface area contributed by atoms with Crippen molar-refractivity contribution in [2.75, 3.05) is 33.0 Å². The first kappa shape index (κ1) is 17.6. The molecule has 0 unspecified atom stereocenters. The molecule has 2 fully saturated rings. The van der Waals surface area contributed by atoms with Crippen LogP contribution in [0.1, 0.15) is 33.1 Å². The molecular formula is C19H29NO4. The number of hydrogen-bond acceptors (Lipinski definition) is 4. The Labute approximate surface area is 144 Å². The van der Waals surface area contributed by atoms with Gasteiger partial charge in [0.05, 0.1) is 25.0 Å². The summed E-state index contributed by atoms with van der Waals surface area (Å²) in [6, 6.07) is 0. The van der Waals surface area contributed by atoms with Crippen molar-refractivity contribution < 1.29 is 19.1 Å². The maximum atomic E-state index is 12.5. The summed E-state index contributed by atoms with van der Waals surface area (Å²) < 4.78 is 11.1. The molecular weight excluding hydrogens is 306 g/mol. The van der Waals surface area contributed by atoms with Gasteiger partial charge in [0, 0.05) is 19.8 Å². The van der Waals surface area contributed by atoms with Gasteiger partial charge in [0.1, 0.15) is 0 Å². The highest BCUT2D eigenvalue weighted by Crippen LogP contribution is 2.52. The second kappa shape index (κ2) is 7.79. The Morgan fingerprint density at radius 3 is 2.33 bits per heavy atom. The van der Waals surface area contributed by atoms with Crippen LogP contribution >= 0.6 is 0 Å². The minimum absolute atomic E-state index is 0.0405. The van der Waals surface area contributed by atoms with E-state index in [1.54, 1.807) is 0 Å². The van der Waals surface area contributed by atoms with Crippen molar-refractivity contribution in [2.45, 2.75) is 33.1 Å². The van der Waals surface area contributed by atoms with Crippen molar-refractivity contribution in [3.63, 3.8) is 0 Å². The monoisotopic (exact) mass is 335 g/mol. The number of carbonyl (C=O) groups is 2. The lowest BCUT2D eigenvalue weighted by Gasteiger charge is -2.17. The van der Waals surface area contributed by atoms with Gasteiger partial charge in [-0.3, -0.25) is 14.5 Å². The molecule has 2 amide bonds. The van der Waals surface area contributed by atoms with Gasteiger partial charge >= 0.3 is 0 Å². The van der Waals surface area contributed by atoms with Crippen molar-refractivity contribution in [2.24, 2.45) is 29.6 Å². The van der Waals surface area contributed by atoms with Crippen molar-refractivity contribution in [3.8, 4) is 0 Å². The molecule has 0 aromatic carbocycles. The standard InChI is InChI=1S/C19H29NO4/c1-3-13(2)12-24-10-9-23-8-4-7-20-18(21)16-14-5-6-15(11-14)17(16)19(20)22/h5-6,13-17H,3-4,7-12H2,1-2H3/t13-,14+,15+,16+,17+/m1/s1. The number of fused-ring (bicyclic) bond motifs is 5. The maximum absolute atomic E-state index is 12.5. The zero-order chi connectivity index (χ0) is 17.1. The molecule has 2 bridgehead atoms. The van der Waals surface area contributed by atoms with Gasteiger partial charge in [0.2, 0.25) is 11.8 Å². The average molecular weight is 335 g/mol. The smallest absolute Gasteiger partial charge is 0.233 e. The second-order valence-corrected chi connectivity index (χ2v) is 7.38. The maximum Gasteiger partial charge on any atom is 0.233 e. The van der Waals surface area contributed by atoms with Crippen LogP contribution in [0.5, 0.6) is 0 Å². The summed E-state index contributed by atoms with van der Waals surface area (Å²) in [4.78, 5) is 26.5. The molecule has 134 valence electrons. The van der Waals surface area contributed by atoms with Crippen LogP contribution in [-0.4, -0.2) is 49.7 Å². The fourth-order valence-corrected chi connectivity index (χ4v) is 4.13. The fourth-order valence-electron chi connectivity index (χ4n) is 4.13. The summed E-state index contributed by atoms with van der Waals surface area (Å²) in [6.07, 6.45) is 7.06. The van der Waals surface area contributed by atoms with E-state index in [1.807, 2.05) is 0 Å². The number of hydrogen-bond donors (Lipinski definition) is 0. The highest BCUT2D eigenvalue weighted by molar-refractivity contribution is 6.06. The second-order valence-electron chi connectivity index (χ2n) is 7.38. The molecule has 1 saturated heterocycles. The molecule has 24 heavy (non-hydrogen) atoms. The first-order chi connectivity index (χ1) is 11.6. The van der Waals surface area contributed by atoms with Gasteiger partial charge in [-0.15, -0.1) is 0 Å². The third kappa shape index (κ3) is 3.42.